The van der Waals surface area contributed by atoms with Gasteiger partial charge in [-0.25, -0.2) is 0 Å². The van der Waals surface area contributed by atoms with E-state index in [0.29, 0.717) is 22.2 Å². The van der Waals surface area contributed by atoms with Crippen molar-refractivity contribution in [1.29, 1.82) is 0 Å². The van der Waals surface area contributed by atoms with Crippen LogP contribution in [0.2, 0.25) is 10.0 Å². The van der Waals surface area contributed by atoms with Crippen LogP contribution >= 0.6 is 35.0 Å². The maximum Gasteiger partial charge on any atom is 0.234 e. The molecule has 2 rings (SSSR count). The van der Waals surface area contributed by atoms with Crippen molar-refractivity contribution in [2.24, 2.45) is 0 Å². The van der Waals surface area contributed by atoms with Gasteiger partial charge in [0.1, 0.15) is 0 Å². The lowest BCUT2D eigenvalue weighted by atomic mass is 10.3. The first kappa shape index (κ1) is 19.6. The number of amides is 2. The molecule has 0 saturated carbocycles. The average Bonchev–Trinajstić information content (AvgIpc) is 2.58. The summed E-state index contributed by atoms with van der Waals surface area (Å²) in [5.41, 5.74) is 1.36. The van der Waals surface area contributed by atoms with Crippen LogP contribution in [0.25, 0.3) is 0 Å². The van der Waals surface area contributed by atoms with Crippen molar-refractivity contribution in [1.82, 2.24) is 0 Å². The topological polar surface area (TPSA) is 58.2 Å². The monoisotopic (exact) mass is 396 g/mol. The van der Waals surface area contributed by atoms with E-state index in [-0.39, 0.29) is 17.6 Å². The highest BCUT2D eigenvalue weighted by molar-refractivity contribution is 8.00. The van der Waals surface area contributed by atoms with Crippen LogP contribution in [0.15, 0.2) is 47.4 Å². The lowest BCUT2D eigenvalue weighted by Gasteiger charge is -2.07. The number of rotatable bonds is 7. The summed E-state index contributed by atoms with van der Waals surface area (Å²) in [6.07, 6.45) is 1.32. The third-order valence-corrected chi connectivity index (χ3v) is 4.94. The van der Waals surface area contributed by atoms with Gasteiger partial charge in [0.25, 0.3) is 0 Å². The van der Waals surface area contributed by atoms with E-state index in [2.05, 4.69) is 10.6 Å². The summed E-state index contributed by atoms with van der Waals surface area (Å²) in [5, 5.41) is 6.44. The molecule has 4 nitrogen and oxygen atoms in total. The third-order valence-electron chi connectivity index (χ3n) is 3.19. The number of halogens is 2. The lowest BCUT2D eigenvalue weighted by Crippen LogP contribution is -2.14. The highest BCUT2D eigenvalue weighted by atomic mass is 35.5. The summed E-state index contributed by atoms with van der Waals surface area (Å²) in [6.45, 7) is 1.96. The molecule has 0 fully saturated rings. The fraction of sp³-hybridized carbons (Fsp3) is 0.222. The number of benzene rings is 2. The van der Waals surface area contributed by atoms with Crippen molar-refractivity contribution in [3.8, 4) is 0 Å². The predicted octanol–water partition coefficient (Wildman–Crippen LogP) is 5.46. The molecular formula is C18H18Cl2N2O2S. The zero-order chi connectivity index (χ0) is 18.2. The fourth-order valence-electron chi connectivity index (χ4n) is 2.00. The van der Waals surface area contributed by atoms with Gasteiger partial charge in [0.15, 0.2) is 0 Å². The Morgan fingerprint density at radius 3 is 2.20 bits per heavy atom. The molecule has 7 heteroatoms. The number of hydrogen-bond donors (Lipinski definition) is 2. The minimum atomic E-state index is -0.135. The van der Waals surface area contributed by atoms with Crippen LogP contribution < -0.4 is 10.6 Å². The highest BCUT2D eigenvalue weighted by Crippen LogP contribution is 2.25. The molecule has 0 atom stereocenters. The van der Waals surface area contributed by atoms with E-state index in [4.69, 9.17) is 23.2 Å². The van der Waals surface area contributed by atoms with Gasteiger partial charge in [-0.15, -0.1) is 11.8 Å². The number of hydrogen-bond acceptors (Lipinski definition) is 3. The summed E-state index contributed by atoms with van der Waals surface area (Å²) in [7, 11) is 0. The molecule has 0 aliphatic rings. The molecule has 0 unspecified atom stereocenters. The number of thioether (sulfide) groups is 1. The summed E-state index contributed by atoms with van der Waals surface area (Å²) < 4.78 is 0. The normalized spacial score (nSPS) is 10.4. The SMILES string of the molecule is CCCC(=O)Nc1ccc(SCC(=O)Nc2ccc(Cl)c(Cl)c2)cc1. The van der Waals surface area contributed by atoms with E-state index in [0.717, 1.165) is 17.0 Å². The Balaban J connectivity index is 1.83. The van der Waals surface area contributed by atoms with Crippen molar-refractivity contribution < 1.29 is 9.59 Å². The largest absolute Gasteiger partial charge is 0.326 e. The molecule has 2 N–H and O–H groups in total. The molecule has 25 heavy (non-hydrogen) atoms. The van der Waals surface area contributed by atoms with Crippen molar-refractivity contribution in [2.45, 2.75) is 24.7 Å². The molecule has 0 spiro atoms. The lowest BCUT2D eigenvalue weighted by molar-refractivity contribution is -0.116. The Hall–Kier alpha value is -1.69. The first-order chi connectivity index (χ1) is 12.0. The quantitative estimate of drug-likeness (QED) is 0.610. The van der Waals surface area contributed by atoms with E-state index in [1.165, 1.54) is 11.8 Å². The van der Waals surface area contributed by atoms with Crippen LogP contribution in [-0.4, -0.2) is 17.6 Å². The van der Waals surface area contributed by atoms with Gasteiger partial charge in [-0.3, -0.25) is 9.59 Å². The Bertz CT molecular complexity index is 751. The summed E-state index contributed by atoms with van der Waals surface area (Å²) in [5.74, 6) is 0.134. The van der Waals surface area contributed by atoms with Gasteiger partial charge in [-0.2, -0.15) is 0 Å². The van der Waals surface area contributed by atoms with Crippen molar-refractivity contribution in [2.75, 3.05) is 16.4 Å². The van der Waals surface area contributed by atoms with Gasteiger partial charge in [0, 0.05) is 22.7 Å². The second-order valence-corrected chi connectivity index (χ2v) is 7.15. The standard InChI is InChI=1S/C18H18Cl2N2O2S/c1-2-3-17(23)21-12-4-7-14(8-5-12)25-11-18(24)22-13-6-9-15(19)16(20)10-13/h4-10H,2-3,11H2,1H3,(H,21,23)(H,22,24). The molecular weight excluding hydrogens is 379 g/mol. The van der Waals surface area contributed by atoms with Crippen LogP contribution in [0.5, 0.6) is 0 Å². The fourth-order valence-corrected chi connectivity index (χ4v) is 3.00. The Labute approximate surface area is 161 Å². The molecule has 132 valence electrons. The number of nitrogens with one attached hydrogen (secondary N) is 2. The van der Waals surface area contributed by atoms with E-state index in [1.54, 1.807) is 18.2 Å². The van der Waals surface area contributed by atoms with Crippen molar-refractivity contribution in [3.63, 3.8) is 0 Å². The molecule has 2 aromatic carbocycles. The van der Waals surface area contributed by atoms with Crippen LogP contribution in [0, 0.1) is 0 Å². The number of carbonyl (C=O) groups excluding carboxylic acids is 2. The van der Waals surface area contributed by atoms with Crippen LogP contribution in [0.1, 0.15) is 19.8 Å². The molecule has 0 radical (unpaired) electrons. The van der Waals surface area contributed by atoms with Gasteiger partial charge in [0.2, 0.25) is 11.8 Å². The summed E-state index contributed by atoms with van der Waals surface area (Å²) in [6, 6.07) is 12.3. The first-order valence-electron chi connectivity index (χ1n) is 7.75. The van der Waals surface area contributed by atoms with Crippen LogP contribution in [0.3, 0.4) is 0 Å². The zero-order valence-electron chi connectivity index (χ0n) is 13.6. The van der Waals surface area contributed by atoms with Gasteiger partial charge < -0.3 is 10.6 Å². The number of carbonyl (C=O) groups is 2. The van der Waals surface area contributed by atoms with E-state index >= 15 is 0 Å². The molecule has 0 aliphatic carbocycles. The van der Waals surface area contributed by atoms with E-state index in [9.17, 15) is 9.59 Å². The van der Waals surface area contributed by atoms with Gasteiger partial charge in [-0.05, 0) is 48.9 Å². The molecule has 0 aliphatic heterocycles. The summed E-state index contributed by atoms with van der Waals surface area (Å²) >= 11 is 13.2. The second-order valence-electron chi connectivity index (χ2n) is 5.29. The van der Waals surface area contributed by atoms with E-state index in [1.807, 2.05) is 31.2 Å². The van der Waals surface area contributed by atoms with Gasteiger partial charge >= 0.3 is 0 Å². The Morgan fingerprint density at radius 1 is 0.920 bits per heavy atom. The molecule has 2 amide bonds. The Kier molecular flexibility index (Phi) is 7.62. The predicted molar refractivity (Wildman–Crippen MR) is 106 cm³/mol. The smallest absolute Gasteiger partial charge is 0.234 e. The molecule has 0 bridgehead atoms. The maximum absolute atomic E-state index is 12.0. The number of anilines is 2. The minimum Gasteiger partial charge on any atom is -0.326 e. The third kappa shape index (κ3) is 6.61. The second kappa shape index (κ2) is 9.70. The van der Waals surface area contributed by atoms with Crippen molar-refractivity contribution >= 4 is 58.2 Å². The first-order valence-corrected chi connectivity index (χ1v) is 9.49. The minimum absolute atomic E-state index is 0.00362. The summed E-state index contributed by atoms with van der Waals surface area (Å²) in [4.78, 5) is 24.5. The molecule has 2 aromatic rings. The van der Waals surface area contributed by atoms with E-state index < -0.39 is 0 Å². The van der Waals surface area contributed by atoms with Gasteiger partial charge in [-0.1, -0.05) is 30.1 Å². The Morgan fingerprint density at radius 2 is 1.56 bits per heavy atom. The van der Waals surface area contributed by atoms with Gasteiger partial charge in [0.05, 0.1) is 15.8 Å². The molecule has 0 saturated heterocycles. The molecule has 0 aromatic heterocycles. The van der Waals surface area contributed by atoms with Crippen molar-refractivity contribution in [3.05, 3.63) is 52.5 Å². The molecule has 0 heterocycles. The van der Waals surface area contributed by atoms with Crippen LogP contribution in [0.4, 0.5) is 11.4 Å². The highest BCUT2D eigenvalue weighted by Gasteiger charge is 2.06. The maximum atomic E-state index is 12.0. The zero-order valence-corrected chi connectivity index (χ0v) is 16.0. The average molecular weight is 397 g/mol. The van der Waals surface area contributed by atoms with Crippen LogP contribution in [-0.2, 0) is 9.59 Å².